The minimum atomic E-state index is -0.563. The molecule has 0 atom stereocenters. The van der Waals surface area contributed by atoms with Gasteiger partial charge in [-0.05, 0) is 38.3 Å². The van der Waals surface area contributed by atoms with Gasteiger partial charge in [-0.2, -0.15) is 5.26 Å². The van der Waals surface area contributed by atoms with Gasteiger partial charge >= 0.3 is 5.69 Å². The quantitative estimate of drug-likeness (QED) is 0.712. The monoisotopic (exact) mass is 362 g/mol. The summed E-state index contributed by atoms with van der Waals surface area (Å²) >= 11 is 0. The van der Waals surface area contributed by atoms with Crippen molar-refractivity contribution < 1.29 is 4.42 Å². The Morgan fingerprint density at radius 2 is 2.11 bits per heavy atom. The van der Waals surface area contributed by atoms with E-state index in [1.165, 1.54) is 10.8 Å². The van der Waals surface area contributed by atoms with E-state index in [1.807, 2.05) is 38.1 Å². The smallest absolute Gasteiger partial charge is 0.331 e. The number of aryl methyl sites for hydroxylation is 2. The van der Waals surface area contributed by atoms with Crippen molar-refractivity contribution in [2.75, 3.05) is 0 Å². The van der Waals surface area contributed by atoms with Gasteiger partial charge in [-0.3, -0.25) is 13.9 Å². The number of hydrogen-bond donors (Lipinski definition) is 0. The Labute approximate surface area is 155 Å². The second-order valence-corrected chi connectivity index (χ2v) is 6.82. The second-order valence-electron chi connectivity index (χ2n) is 6.82. The van der Waals surface area contributed by atoms with E-state index in [1.54, 1.807) is 0 Å². The van der Waals surface area contributed by atoms with Crippen molar-refractivity contribution in [3.8, 4) is 17.5 Å². The number of hydrogen-bond acceptors (Lipinski definition) is 5. The van der Waals surface area contributed by atoms with Crippen LogP contribution in [0.2, 0.25) is 0 Å². The van der Waals surface area contributed by atoms with Gasteiger partial charge in [0.05, 0.1) is 12.2 Å². The third-order valence-electron chi connectivity index (χ3n) is 4.93. The summed E-state index contributed by atoms with van der Waals surface area (Å²) in [7, 11) is 0. The van der Waals surface area contributed by atoms with Crippen LogP contribution in [0.15, 0.2) is 38.5 Å². The van der Waals surface area contributed by atoms with E-state index < -0.39 is 11.2 Å². The first-order valence-electron chi connectivity index (χ1n) is 8.78. The van der Waals surface area contributed by atoms with Crippen LogP contribution >= 0.6 is 0 Å². The summed E-state index contributed by atoms with van der Waals surface area (Å²) in [5, 5.41) is 9.36. The highest BCUT2D eigenvalue weighted by Crippen LogP contribution is 2.23. The Balaban J connectivity index is 1.75. The normalized spacial score (nSPS) is 12.8. The first-order valence-corrected chi connectivity index (χ1v) is 8.78. The minimum Gasteiger partial charge on any atom is -0.444 e. The summed E-state index contributed by atoms with van der Waals surface area (Å²) in [5.41, 5.74) is 3.13. The molecule has 0 fully saturated rings. The van der Waals surface area contributed by atoms with E-state index in [0.717, 1.165) is 27.7 Å². The zero-order valence-corrected chi connectivity index (χ0v) is 15.2. The highest BCUT2D eigenvalue weighted by atomic mass is 16.3. The molecular weight excluding hydrogens is 344 g/mol. The molecule has 4 rings (SSSR count). The molecule has 0 N–H and O–H groups in total. The van der Waals surface area contributed by atoms with E-state index in [4.69, 9.17) is 4.42 Å². The Morgan fingerprint density at radius 3 is 2.85 bits per heavy atom. The highest BCUT2D eigenvalue weighted by molar-refractivity contribution is 5.59. The van der Waals surface area contributed by atoms with Crippen molar-refractivity contribution in [3.63, 3.8) is 0 Å². The molecular formula is C20H18N4O3. The number of nitrogens with zero attached hydrogens (tertiary/aromatic N) is 4. The molecule has 1 aliphatic heterocycles. The molecule has 0 unspecified atom stereocenters. The Hall–Kier alpha value is -3.40. The fraction of sp³-hybridized carbons (Fsp3) is 0.300. The van der Waals surface area contributed by atoms with Gasteiger partial charge in [0.2, 0.25) is 5.89 Å². The maximum absolute atomic E-state index is 12.7. The lowest BCUT2D eigenvalue weighted by Crippen LogP contribution is -2.42. The lowest BCUT2D eigenvalue weighted by atomic mass is 10.1. The van der Waals surface area contributed by atoms with Crippen LogP contribution in [-0.2, 0) is 19.5 Å². The van der Waals surface area contributed by atoms with Crippen LogP contribution in [0.5, 0.6) is 0 Å². The maximum Gasteiger partial charge on any atom is 0.331 e. The fourth-order valence-corrected chi connectivity index (χ4v) is 3.61. The minimum absolute atomic E-state index is 0.0268. The maximum atomic E-state index is 12.7. The predicted molar refractivity (Wildman–Crippen MR) is 98.5 cm³/mol. The van der Waals surface area contributed by atoms with Crippen LogP contribution in [0.1, 0.15) is 34.5 Å². The molecule has 7 nitrogen and oxygen atoms in total. The molecule has 1 aromatic carbocycles. The number of benzene rings is 1. The Bertz CT molecular complexity index is 1210. The summed E-state index contributed by atoms with van der Waals surface area (Å²) in [6.07, 6.45) is 2.79. The molecule has 0 radical (unpaired) electrons. The van der Waals surface area contributed by atoms with Crippen molar-refractivity contribution in [2.45, 2.75) is 39.8 Å². The molecule has 0 saturated carbocycles. The van der Waals surface area contributed by atoms with E-state index >= 15 is 0 Å². The van der Waals surface area contributed by atoms with Crippen molar-refractivity contribution >= 4 is 0 Å². The summed E-state index contributed by atoms with van der Waals surface area (Å²) in [5.74, 6) is 0.442. The molecule has 0 amide bonds. The average molecular weight is 362 g/mol. The highest BCUT2D eigenvalue weighted by Gasteiger charge is 2.23. The van der Waals surface area contributed by atoms with E-state index in [9.17, 15) is 14.9 Å². The number of fused-ring (bicyclic) bond motifs is 1. The van der Waals surface area contributed by atoms with Gasteiger partial charge in [0.15, 0.2) is 0 Å². The van der Waals surface area contributed by atoms with Gasteiger partial charge in [-0.1, -0.05) is 17.7 Å². The van der Waals surface area contributed by atoms with Crippen LogP contribution in [0.25, 0.3) is 11.5 Å². The van der Waals surface area contributed by atoms with Crippen LogP contribution < -0.4 is 11.2 Å². The lowest BCUT2D eigenvalue weighted by molar-refractivity contribution is 0.565. The summed E-state index contributed by atoms with van der Waals surface area (Å²) < 4.78 is 8.16. The molecule has 7 heteroatoms. The summed E-state index contributed by atoms with van der Waals surface area (Å²) in [6, 6.07) is 7.90. The van der Waals surface area contributed by atoms with E-state index in [0.29, 0.717) is 30.2 Å². The topological polar surface area (TPSA) is 93.8 Å². The first kappa shape index (κ1) is 17.0. The first-order chi connectivity index (χ1) is 13.0. The van der Waals surface area contributed by atoms with E-state index in [-0.39, 0.29) is 12.1 Å². The van der Waals surface area contributed by atoms with E-state index in [2.05, 4.69) is 4.98 Å². The van der Waals surface area contributed by atoms with Gasteiger partial charge in [0.1, 0.15) is 17.9 Å². The van der Waals surface area contributed by atoms with Crippen LogP contribution in [-0.4, -0.2) is 14.1 Å². The SMILES string of the molecule is Cc1ccc(-c2nc(Cn3c(=O)c(C#N)c4n(c3=O)CCC4)co2)c(C)c1. The third-order valence-corrected chi connectivity index (χ3v) is 4.93. The molecule has 3 heterocycles. The predicted octanol–water partition coefficient (Wildman–Crippen LogP) is 2.15. The summed E-state index contributed by atoms with van der Waals surface area (Å²) in [4.78, 5) is 29.7. The number of rotatable bonds is 3. The van der Waals surface area contributed by atoms with Gasteiger partial charge in [0, 0.05) is 17.8 Å². The zero-order valence-electron chi connectivity index (χ0n) is 15.2. The lowest BCUT2D eigenvalue weighted by Gasteiger charge is -2.09. The molecule has 0 aliphatic carbocycles. The molecule has 0 spiro atoms. The van der Waals surface area contributed by atoms with Crippen molar-refractivity contribution in [1.29, 1.82) is 5.26 Å². The van der Waals surface area contributed by atoms with Crippen molar-refractivity contribution in [3.05, 3.63) is 73.4 Å². The fourth-order valence-electron chi connectivity index (χ4n) is 3.61. The Morgan fingerprint density at radius 1 is 1.30 bits per heavy atom. The molecule has 0 saturated heterocycles. The molecule has 0 bridgehead atoms. The van der Waals surface area contributed by atoms with Gasteiger partial charge in [-0.15, -0.1) is 0 Å². The molecule has 27 heavy (non-hydrogen) atoms. The standard InChI is InChI=1S/C20H18N4O3/c1-12-5-6-15(13(2)8-12)18-22-14(11-27-18)10-24-19(25)16(9-21)17-4-3-7-23(17)20(24)26/h5-6,8,11H,3-4,7,10H2,1-2H3. The van der Waals surface area contributed by atoms with Gasteiger partial charge < -0.3 is 4.42 Å². The van der Waals surface area contributed by atoms with Crippen LogP contribution in [0.4, 0.5) is 0 Å². The molecule has 1 aliphatic rings. The van der Waals surface area contributed by atoms with Gasteiger partial charge in [-0.25, -0.2) is 9.78 Å². The summed E-state index contributed by atoms with van der Waals surface area (Å²) in [6.45, 7) is 4.48. The largest absolute Gasteiger partial charge is 0.444 e. The Kier molecular flexibility index (Phi) is 4.04. The number of aromatic nitrogens is 3. The number of oxazole rings is 1. The third kappa shape index (κ3) is 2.79. The van der Waals surface area contributed by atoms with Crippen molar-refractivity contribution in [1.82, 2.24) is 14.1 Å². The van der Waals surface area contributed by atoms with Crippen molar-refractivity contribution in [2.24, 2.45) is 0 Å². The zero-order chi connectivity index (χ0) is 19.1. The molecule has 3 aromatic rings. The average Bonchev–Trinajstić information content (AvgIpc) is 3.29. The van der Waals surface area contributed by atoms with Crippen LogP contribution in [0, 0.1) is 25.2 Å². The number of nitriles is 1. The van der Waals surface area contributed by atoms with Gasteiger partial charge in [0.25, 0.3) is 5.56 Å². The molecule has 2 aromatic heterocycles. The van der Waals surface area contributed by atoms with Crippen LogP contribution in [0.3, 0.4) is 0 Å². The molecule has 136 valence electrons. The second kappa shape index (κ2) is 6.40.